The molecule has 1 aromatic heterocycles. The molecule has 0 radical (unpaired) electrons. The van der Waals surface area contributed by atoms with Gasteiger partial charge in [-0.1, -0.05) is 17.7 Å². The van der Waals surface area contributed by atoms with E-state index in [0.29, 0.717) is 33.6 Å². The van der Waals surface area contributed by atoms with Crippen LogP contribution in [0.1, 0.15) is 21.7 Å². The number of amides is 1. The molecular formula is C19H17ClN4O4. The lowest BCUT2D eigenvalue weighted by atomic mass is 10.1. The number of H-pyrrole nitrogens is 1. The van der Waals surface area contributed by atoms with Gasteiger partial charge < -0.3 is 19.1 Å². The van der Waals surface area contributed by atoms with Gasteiger partial charge in [0.15, 0.2) is 11.5 Å². The number of rotatable bonds is 3. The summed E-state index contributed by atoms with van der Waals surface area (Å²) < 4.78 is 16.9. The van der Waals surface area contributed by atoms with E-state index >= 15 is 0 Å². The van der Waals surface area contributed by atoms with Crippen molar-refractivity contribution in [2.24, 2.45) is 0 Å². The van der Waals surface area contributed by atoms with Crippen LogP contribution < -0.4 is 14.2 Å². The Morgan fingerprint density at radius 1 is 1.18 bits per heavy atom. The van der Waals surface area contributed by atoms with E-state index in [1.165, 1.54) is 6.33 Å². The molecule has 0 saturated carbocycles. The van der Waals surface area contributed by atoms with Gasteiger partial charge in [-0.3, -0.25) is 9.89 Å². The first-order chi connectivity index (χ1) is 13.6. The summed E-state index contributed by atoms with van der Waals surface area (Å²) >= 11 is 6.40. The first-order valence-electron chi connectivity index (χ1n) is 8.45. The molecule has 2 aromatic carbocycles. The topological polar surface area (TPSA) is 89.6 Å². The largest absolute Gasteiger partial charge is 0.493 e. The Morgan fingerprint density at radius 2 is 1.96 bits per heavy atom. The standard InChI is InChI=1S/C19H17ClN4O4/c1-26-16-6-11-8-24(19(25)18-21-10-22-23-18)9-12-13(20)4-3-5-14(12)28-15(11)7-17(16)27-2/h3-7,10H,8-9H2,1-2H3,(H,21,22,23). The van der Waals surface area contributed by atoms with Gasteiger partial charge in [0.2, 0.25) is 5.82 Å². The molecule has 9 heteroatoms. The van der Waals surface area contributed by atoms with Gasteiger partial charge in [-0.25, -0.2) is 4.98 Å². The number of fused-ring (bicyclic) bond motifs is 2. The molecule has 1 N–H and O–H groups in total. The smallest absolute Gasteiger partial charge is 0.291 e. The molecular weight excluding hydrogens is 384 g/mol. The molecule has 28 heavy (non-hydrogen) atoms. The van der Waals surface area contributed by atoms with Crippen LogP contribution >= 0.6 is 11.6 Å². The second-order valence-electron chi connectivity index (χ2n) is 6.13. The third-order valence-electron chi connectivity index (χ3n) is 4.48. The highest BCUT2D eigenvalue weighted by molar-refractivity contribution is 6.31. The van der Waals surface area contributed by atoms with Crippen molar-refractivity contribution >= 4 is 17.5 Å². The average Bonchev–Trinajstić information content (AvgIpc) is 3.22. The summed E-state index contributed by atoms with van der Waals surface area (Å²) in [6.07, 6.45) is 1.29. The van der Waals surface area contributed by atoms with Crippen LogP contribution in [0.4, 0.5) is 0 Å². The number of methoxy groups -OCH3 is 2. The quantitative estimate of drug-likeness (QED) is 0.724. The van der Waals surface area contributed by atoms with Crippen LogP contribution in [0.25, 0.3) is 0 Å². The van der Waals surface area contributed by atoms with Crippen LogP contribution in [0.2, 0.25) is 5.02 Å². The third-order valence-corrected chi connectivity index (χ3v) is 4.83. The van der Waals surface area contributed by atoms with E-state index in [-0.39, 0.29) is 24.8 Å². The molecule has 0 aliphatic carbocycles. The van der Waals surface area contributed by atoms with Gasteiger partial charge in [-0.05, 0) is 18.2 Å². The van der Waals surface area contributed by atoms with Crippen LogP contribution in [0, 0.1) is 0 Å². The number of nitrogens with zero attached hydrogens (tertiary/aromatic N) is 3. The lowest BCUT2D eigenvalue weighted by Crippen LogP contribution is -2.32. The predicted molar refractivity (Wildman–Crippen MR) is 101 cm³/mol. The highest BCUT2D eigenvalue weighted by atomic mass is 35.5. The molecule has 144 valence electrons. The lowest BCUT2D eigenvalue weighted by Gasteiger charge is -2.28. The summed E-state index contributed by atoms with van der Waals surface area (Å²) in [5, 5.41) is 6.89. The van der Waals surface area contributed by atoms with Crippen LogP contribution in [0.5, 0.6) is 23.0 Å². The van der Waals surface area contributed by atoms with Gasteiger partial charge >= 0.3 is 0 Å². The van der Waals surface area contributed by atoms with Gasteiger partial charge in [0.25, 0.3) is 5.91 Å². The first kappa shape index (κ1) is 18.1. The first-order valence-corrected chi connectivity index (χ1v) is 8.83. The Balaban J connectivity index is 1.85. The Morgan fingerprint density at radius 3 is 2.68 bits per heavy atom. The Labute approximate surface area is 166 Å². The molecule has 1 amide bonds. The fourth-order valence-corrected chi connectivity index (χ4v) is 3.31. The van der Waals surface area contributed by atoms with Crippen molar-refractivity contribution in [3.8, 4) is 23.0 Å². The number of nitrogens with one attached hydrogen (secondary N) is 1. The number of carbonyl (C=O) groups excluding carboxylic acids is 1. The summed E-state index contributed by atoms with van der Waals surface area (Å²) in [6.45, 7) is 0.516. The zero-order valence-corrected chi connectivity index (χ0v) is 16.0. The minimum absolute atomic E-state index is 0.150. The maximum atomic E-state index is 13.0. The van der Waals surface area contributed by atoms with Crippen LogP contribution in [-0.4, -0.2) is 40.2 Å². The van der Waals surface area contributed by atoms with E-state index in [2.05, 4.69) is 15.2 Å². The number of carbonyl (C=O) groups is 1. The molecule has 0 bridgehead atoms. The Hall–Kier alpha value is -3.26. The van der Waals surface area contributed by atoms with Gasteiger partial charge in [0, 0.05) is 22.2 Å². The van der Waals surface area contributed by atoms with Gasteiger partial charge in [0.1, 0.15) is 17.8 Å². The molecule has 1 aliphatic rings. The van der Waals surface area contributed by atoms with Crippen molar-refractivity contribution in [2.75, 3.05) is 14.2 Å². The molecule has 0 spiro atoms. The van der Waals surface area contributed by atoms with E-state index in [9.17, 15) is 4.79 Å². The fourth-order valence-electron chi connectivity index (χ4n) is 3.08. The zero-order chi connectivity index (χ0) is 19.7. The highest BCUT2D eigenvalue weighted by Gasteiger charge is 2.27. The normalized spacial score (nSPS) is 12.9. The molecule has 0 fully saturated rings. The number of halogens is 1. The molecule has 4 rings (SSSR count). The summed E-state index contributed by atoms with van der Waals surface area (Å²) in [4.78, 5) is 18.6. The zero-order valence-electron chi connectivity index (χ0n) is 15.2. The Kier molecular flexibility index (Phi) is 4.79. The maximum Gasteiger partial charge on any atom is 0.291 e. The van der Waals surface area contributed by atoms with Crippen LogP contribution in [-0.2, 0) is 13.1 Å². The fraction of sp³-hybridized carbons (Fsp3) is 0.211. The monoisotopic (exact) mass is 400 g/mol. The molecule has 0 saturated heterocycles. The van der Waals surface area contributed by atoms with Gasteiger partial charge in [-0.15, -0.1) is 0 Å². The second-order valence-corrected chi connectivity index (χ2v) is 6.54. The van der Waals surface area contributed by atoms with Crippen molar-refractivity contribution < 1.29 is 19.0 Å². The minimum Gasteiger partial charge on any atom is -0.493 e. The molecule has 1 aliphatic heterocycles. The van der Waals surface area contributed by atoms with E-state index in [1.807, 2.05) is 6.07 Å². The number of hydrogen-bond donors (Lipinski definition) is 1. The number of ether oxygens (including phenoxy) is 3. The van der Waals surface area contributed by atoms with Crippen molar-refractivity contribution in [1.29, 1.82) is 0 Å². The highest BCUT2D eigenvalue weighted by Crippen LogP contribution is 2.41. The van der Waals surface area contributed by atoms with Crippen molar-refractivity contribution in [3.05, 3.63) is 58.6 Å². The number of benzene rings is 2. The van der Waals surface area contributed by atoms with E-state index in [1.54, 1.807) is 43.4 Å². The Bertz CT molecular complexity index is 1020. The third kappa shape index (κ3) is 3.22. The number of aromatic amines is 1. The van der Waals surface area contributed by atoms with Crippen LogP contribution in [0.3, 0.4) is 0 Å². The predicted octanol–water partition coefficient (Wildman–Crippen LogP) is 3.42. The SMILES string of the molecule is COc1cc2c(cc1OC)Oc1cccc(Cl)c1CN(C(=O)c1ncn[nH]1)C2. The van der Waals surface area contributed by atoms with Crippen molar-refractivity contribution in [1.82, 2.24) is 20.1 Å². The van der Waals surface area contributed by atoms with Gasteiger partial charge in [0.05, 0.1) is 27.3 Å². The number of aromatic nitrogens is 3. The second kappa shape index (κ2) is 7.40. The van der Waals surface area contributed by atoms with E-state index < -0.39 is 0 Å². The summed E-state index contributed by atoms with van der Waals surface area (Å²) in [6, 6.07) is 8.90. The van der Waals surface area contributed by atoms with Crippen molar-refractivity contribution in [3.63, 3.8) is 0 Å². The summed E-state index contributed by atoms with van der Waals surface area (Å²) in [7, 11) is 3.11. The van der Waals surface area contributed by atoms with Crippen molar-refractivity contribution in [2.45, 2.75) is 13.1 Å². The van der Waals surface area contributed by atoms with E-state index in [4.69, 9.17) is 25.8 Å². The molecule has 2 heterocycles. The summed E-state index contributed by atoms with van der Waals surface area (Å²) in [5.41, 5.74) is 1.47. The molecule has 0 atom stereocenters. The summed E-state index contributed by atoms with van der Waals surface area (Å²) in [5.74, 6) is 2.04. The van der Waals surface area contributed by atoms with Crippen LogP contribution in [0.15, 0.2) is 36.7 Å². The minimum atomic E-state index is -0.300. The molecule has 3 aromatic rings. The maximum absolute atomic E-state index is 13.0. The molecule has 8 nitrogen and oxygen atoms in total. The number of hydrogen-bond acceptors (Lipinski definition) is 6. The average molecular weight is 401 g/mol. The molecule has 0 unspecified atom stereocenters. The lowest BCUT2D eigenvalue weighted by molar-refractivity contribution is 0.0713. The van der Waals surface area contributed by atoms with Gasteiger partial charge in [-0.2, -0.15) is 5.10 Å². The van der Waals surface area contributed by atoms with E-state index in [0.717, 1.165) is 5.56 Å².